The first-order chi connectivity index (χ1) is 16.6. The topological polar surface area (TPSA) is 71.3 Å². The van der Waals surface area contributed by atoms with Gasteiger partial charge in [-0.2, -0.15) is 0 Å². The fourth-order valence-electron chi connectivity index (χ4n) is 5.09. The lowest BCUT2D eigenvalue weighted by Gasteiger charge is -2.29. The van der Waals surface area contributed by atoms with Crippen LogP contribution in [0.3, 0.4) is 0 Å². The van der Waals surface area contributed by atoms with Gasteiger partial charge in [0.1, 0.15) is 11.8 Å². The number of fused-ring (bicyclic) bond motifs is 2. The molecule has 0 amide bonds. The van der Waals surface area contributed by atoms with Gasteiger partial charge in [-0.25, -0.2) is 0 Å². The van der Waals surface area contributed by atoms with Crippen molar-refractivity contribution in [3.8, 4) is 0 Å². The summed E-state index contributed by atoms with van der Waals surface area (Å²) in [6.45, 7) is 2.06. The molecule has 5 heteroatoms. The van der Waals surface area contributed by atoms with Crippen molar-refractivity contribution >= 4 is 28.1 Å². The molecule has 4 aromatic rings. The molecule has 6 rings (SSSR count). The van der Waals surface area contributed by atoms with Crippen LogP contribution in [0.4, 0.5) is 11.4 Å². The van der Waals surface area contributed by atoms with E-state index in [-0.39, 0.29) is 17.1 Å². The second-order valence-corrected chi connectivity index (χ2v) is 9.10. The van der Waals surface area contributed by atoms with Crippen molar-refractivity contribution in [2.75, 3.05) is 10.6 Å². The van der Waals surface area contributed by atoms with Crippen LogP contribution < -0.4 is 16.1 Å². The summed E-state index contributed by atoms with van der Waals surface area (Å²) in [5, 5.41) is 7.50. The third kappa shape index (κ3) is 3.41. The van der Waals surface area contributed by atoms with E-state index in [1.807, 2.05) is 36.4 Å². The normalized spacial score (nSPS) is 19.6. The number of hydrogen-bond donors (Lipinski definition) is 2. The van der Waals surface area contributed by atoms with Gasteiger partial charge >= 0.3 is 0 Å². The Morgan fingerprint density at radius 2 is 1.59 bits per heavy atom. The fourth-order valence-corrected chi connectivity index (χ4v) is 5.09. The van der Waals surface area contributed by atoms with Crippen LogP contribution in [0, 0.1) is 6.92 Å². The number of nitrogens with one attached hydrogen (secondary N) is 2. The molecule has 2 heterocycles. The van der Waals surface area contributed by atoms with Gasteiger partial charge < -0.3 is 15.1 Å². The van der Waals surface area contributed by atoms with Crippen LogP contribution in [0.1, 0.15) is 41.5 Å². The monoisotopic (exact) mass is 448 g/mol. The van der Waals surface area contributed by atoms with Crippen LogP contribution in [0.5, 0.6) is 0 Å². The summed E-state index contributed by atoms with van der Waals surface area (Å²) in [5.74, 6) is 0.121. The highest BCUT2D eigenvalue weighted by Gasteiger charge is 2.37. The summed E-state index contributed by atoms with van der Waals surface area (Å²) in [7, 11) is 0. The zero-order valence-electron chi connectivity index (χ0n) is 18.8. The van der Waals surface area contributed by atoms with Gasteiger partial charge in [0.2, 0.25) is 0 Å². The number of rotatable bonds is 2. The van der Waals surface area contributed by atoms with Crippen LogP contribution in [-0.4, -0.2) is 5.78 Å². The molecular weight excluding hydrogens is 424 g/mol. The quantitative estimate of drug-likeness (QED) is 0.389. The highest BCUT2D eigenvalue weighted by Crippen LogP contribution is 2.43. The molecule has 34 heavy (non-hydrogen) atoms. The highest BCUT2D eigenvalue weighted by atomic mass is 16.3. The van der Waals surface area contributed by atoms with Gasteiger partial charge in [-0.05, 0) is 49.1 Å². The van der Waals surface area contributed by atoms with E-state index in [1.54, 1.807) is 12.1 Å². The summed E-state index contributed by atoms with van der Waals surface area (Å²) in [6.07, 6.45) is 2.59. The summed E-state index contributed by atoms with van der Waals surface area (Å²) in [6, 6.07) is 22.8. The molecule has 2 aliphatic rings. The van der Waals surface area contributed by atoms with Gasteiger partial charge in [0, 0.05) is 17.7 Å². The number of carbonyl (C=O) groups is 1. The summed E-state index contributed by atoms with van der Waals surface area (Å²) >= 11 is 0. The maximum absolute atomic E-state index is 13.7. The molecule has 0 radical (unpaired) electrons. The molecule has 5 nitrogen and oxygen atoms in total. The van der Waals surface area contributed by atoms with Gasteiger partial charge in [-0.3, -0.25) is 9.59 Å². The van der Waals surface area contributed by atoms with E-state index in [2.05, 4.69) is 41.8 Å². The summed E-state index contributed by atoms with van der Waals surface area (Å²) < 4.78 is 5.83. The van der Waals surface area contributed by atoms with Crippen molar-refractivity contribution in [2.45, 2.75) is 31.7 Å². The van der Waals surface area contributed by atoms with E-state index in [0.717, 1.165) is 22.6 Å². The van der Waals surface area contributed by atoms with E-state index in [9.17, 15) is 9.59 Å². The van der Waals surface area contributed by atoms with Gasteiger partial charge in [0.15, 0.2) is 11.2 Å². The molecule has 168 valence electrons. The predicted molar refractivity (Wildman–Crippen MR) is 134 cm³/mol. The van der Waals surface area contributed by atoms with E-state index in [4.69, 9.17) is 4.42 Å². The predicted octanol–water partition coefficient (Wildman–Crippen LogP) is 6.08. The zero-order valence-corrected chi connectivity index (χ0v) is 18.8. The number of ketones is 1. The molecule has 0 spiro atoms. The summed E-state index contributed by atoms with van der Waals surface area (Å²) in [4.78, 5) is 27.2. The highest BCUT2D eigenvalue weighted by molar-refractivity contribution is 6.01. The second-order valence-electron chi connectivity index (χ2n) is 9.10. The molecule has 2 unspecified atom stereocenters. The largest absolute Gasteiger partial charge is 0.464 e. The first-order valence-corrected chi connectivity index (χ1v) is 11.5. The van der Waals surface area contributed by atoms with Crippen LogP contribution in [0.2, 0.25) is 0 Å². The van der Waals surface area contributed by atoms with Crippen LogP contribution in [-0.2, 0) is 4.79 Å². The number of hydrogen-bond acceptors (Lipinski definition) is 5. The van der Waals surface area contributed by atoms with Gasteiger partial charge in [0.25, 0.3) is 0 Å². The van der Waals surface area contributed by atoms with Crippen LogP contribution in [0.25, 0.3) is 11.0 Å². The van der Waals surface area contributed by atoms with E-state index >= 15 is 0 Å². The van der Waals surface area contributed by atoms with E-state index < -0.39 is 6.04 Å². The minimum absolute atomic E-state index is 0.0391. The van der Waals surface area contributed by atoms with E-state index in [1.165, 1.54) is 11.8 Å². The Morgan fingerprint density at radius 3 is 2.41 bits per heavy atom. The van der Waals surface area contributed by atoms with Crippen molar-refractivity contribution in [2.24, 2.45) is 0 Å². The minimum Gasteiger partial charge on any atom is -0.464 e. The average Bonchev–Trinajstić information content (AvgIpc) is 3.02. The lowest BCUT2D eigenvalue weighted by Crippen LogP contribution is -2.29. The van der Waals surface area contributed by atoms with Crippen LogP contribution in [0.15, 0.2) is 99.5 Å². The molecule has 2 atom stereocenters. The lowest BCUT2D eigenvalue weighted by molar-refractivity contribution is -0.116. The Morgan fingerprint density at radius 1 is 0.853 bits per heavy atom. The Balaban J connectivity index is 1.51. The number of benzene rings is 3. The number of aryl methyl sites for hydroxylation is 1. The zero-order chi connectivity index (χ0) is 23.2. The summed E-state index contributed by atoms with van der Waals surface area (Å²) in [5.41, 5.74) is 6.39. The standard InChI is InChI=1S/C29H24N2O3/c1-17-10-12-18(13-11-17)19-14-24-27(25(32)15-19)28(31-23-8-4-3-7-22(23)30-24)21-16-34-26-9-5-2-6-20(26)29(21)33/h2-13,16,19,28,30-31H,14-15H2,1H3. The van der Waals surface area contributed by atoms with Crippen molar-refractivity contribution < 1.29 is 9.21 Å². The number of Topliss-reactive ketones (excluding diaryl/α,β-unsaturated/α-hetero) is 1. The molecule has 1 aliphatic heterocycles. The fraction of sp³-hybridized carbons (Fsp3) is 0.172. The Kier molecular flexibility index (Phi) is 4.84. The molecule has 1 aromatic heterocycles. The van der Waals surface area contributed by atoms with Crippen molar-refractivity contribution in [1.82, 2.24) is 0 Å². The molecular formula is C29H24N2O3. The Hall–Kier alpha value is -4.12. The van der Waals surface area contributed by atoms with Crippen molar-refractivity contribution in [3.63, 3.8) is 0 Å². The molecule has 1 aliphatic carbocycles. The molecule has 0 fully saturated rings. The Bertz CT molecular complexity index is 1510. The van der Waals surface area contributed by atoms with Crippen molar-refractivity contribution in [1.29, 1.82) is 0 Å². The SMILES string of the molecule is Cc1ccc(C2CC(=O)C3=C(C2)Nc2ccccc2NC3c2coc3ccccc3c2=O)cc1. The first kappa shape index (κ1) is 20.5. The maximum atomic E-state index is 13.7. The molecule has 3 aromatic carbocycles. The van der Waals surface area contributed by atoms with Crippen LogP contribution >= 0.6 is 0 Å². The number of allylic oxidation sites excluding steroid dienone is 1. The first-order valence-electron chi connectivity index (χ1n) is 11.5. The third-order valence-corrected chi connectivity index (χ3v) is 6.88. The average molecular weight is 449 g/mol. The minimum atomic E-state index is -0.599. The molecule has 2 N–H and O–H groups in total. The van der Waals surface area contributed by atoms with Gasteiger partial charge in [-0.15, -0.1) is 0 Å². The number of carbonyl (C=O) groups excluding carboxylic acids is 1. The lowest BCUT2D eigenvalue weighted by atomic mass is 9.78. The maximum Gasteiger partial charge on any atom is 0.198 e. The Labute approximate surface area is 197 Å². The second kappa shape index (κ2) is 8.03. The molecule has 0 bridgehead atoms. The third-order valence-electron chi connectivity index (χ3n) is 6.88. The van der Waals surface area contributed by atoms with E-state index in [0.29, 0.717) is 34.9 Å². The number of para-hydroxylation sites is 3. The molecule has 0 saturated heterocycles. The smallest absolute Gasteiger partial charge is 0.198 e. The number of anilines is 2. The molecule has 0 saturated carbocycles. The van der Waals surface area contributed by atoms with Gasteiger partial charge in [0.05, 0.1) is 28.4 Å². The van der Waals surface area contributed by atoms with Crippen molar-refractivity contribution in [3.05, 3.63) is 117 Å². The van der Waals surface area contributed by atoms with Gasteiger partial charge in [-0.1, -0.05) is 54.1 Å².